The normalized spacial score (nSPS) is 31.4. The summed E-state index contributed by atoms with van der Waals surface area (Å²) in [6.45, 7) is 0.634. The largest absolute Gasteiger partial charge is 0.324 e. The molecule has 2 aromatic rings. The highest BCUT2D eigenvalue weighted by molar-refractivity contribution is 6.38. The SMILES string of the molecule is O=C1[C@@H]2[C@H]3CCCN3[C@@]3(C(=O)Nc4ccc(Cl)cc43)[C@H]2C(=O)N1c1cc(Cl)ccc1Cl. The maximum Gasteiger partial charge on any atom is 0.250 e. The van der Waals surface area contributed by atoms with Gasteiger partial charge in [0, 0.05) is 27.3 Å². The highest BCUT2D eigenvalue weighted by Gasteiger charge is 2.74. The molecule has 6 nitrogen and oxygen atoms in total. The fraction of sp³-hybridized carbons (Fsp3) is 0.318. The maximum absolute atomic E-state index is 13.9. The highest BCUT2D eigenvalue weighted by Crippen LogP contribution is 2.61. The minimum Gasteiger partial charge on any atom is -0.324 e. The van der Waals surface area contributed by atoms with Gasteiger partial charge in [-0.1, -0.05) is 34.8 Å². The number of benzene rings is 2. The van der Waals surface area contributed by atoms with Crippen LogP contribution in [0.5, 0.6) is 0 Å². The van der Waals surface area contributed by atoms with Crippen LogP contribution in [0.4, 0.5) is 11.4 Å². The van der Waals surface area contributed by atoms with Gasteiger partial charge < -0.3 is 5.32 Å². The molecule has 31 heavy (non-hydrogen) atoms. The molecule has 0 radical (unpaired) electrons. The van der Waals surface area contributed by atoms with E-state index in [4.69, 9.17) is 34.8 Å². The summed E-state index contributed by atoms with van der Waals surface area (Å²) in [5.41, 5.74) is 0.270. The third kappa shape index (κ3) is 2.31. The molecule has 0 unspecified atom stereocenters. The van der Waals surface area contributed by atoms with Crippen LogP contribution < -0.4 is 10.2 Å². The van der Waals surface area contributed by atoms with Crippen molar-refractivity contribution in [1.29, 1.82) is 0 Å². The Hall–Kier alpha value is -2.12. The lowest BCUT2D eigenvalue weighted by Gasteiger charge is -2.36. The van der Waals surface area contributed by atoms with E-state index >= 15 is 0 Å². The summed E-state index contributed by atoms with van der Waals surface area (Å²) in [4.78, 5) is 44.2. The van der Waals surface area contributed by atoms with Crippen molar-refractivity contribution in [1.82, 2.24) is 4.90 Å². The van der Waals surface area contributed by atoms with Crippen molar-refractivity contribution in [2.75, 3.05) is 16.8 Å². The Morgan fingerprint density at radius 2 is 1.71 bits per heavy atom. The van der Waals surface area contributed by atoms with E-state index in [1.54, 1.807) is 30.3 Å². The molecule has 2 aromatic carbocycles. The third-order valence-corrected chi connectivity index (χ3v) is 7.89. The molecule has 3 saturated heterocycles. The second-order valence-electron chi connectivity index (χ2n) is 8.42. The van der Waals surface area contributed by atoms with Crippen molar-refractivity contribution in [2.24, 2.45) is 11.8 Å². The quantitative estimate of drug-likeness (QED) is 0.630. The number of nitrogens with one attached hydrogen (secondary N) is 1. The second kappa shape index (κ2) is 6.45. The molecule has 158 valence electrons. The summed E-state index contributed by atoms with van der Waals surface area (Å²) >= 11 is 18.8. The molecule has 3 amide bonds. The van der Waals surface area contributed by atoms with Crippen LogP contribution in [-0.2, 0) is 19.9 Å². The Morgan fingerprint density at radius 3 is 2.52 bits per heavy atom. The number of nitrogens with zero attached hydrogens (tertiary/aromatic N) is 2. The molecule has 0 bridgehead atoms. The highest BCUT2D eigenvalue weighted by atomic mass is 35.5. The van der Waals surface area contributed by atoms with E-state index < -0.39 is 23.3 Å². The van der Waals surface area contributed by atoms with E-state index in [9.17, 15) is 14.4 Å². The van der Waals surface area contributed by atoms with Crippen molar-refractivity contribution in [3.05, 3.63) is 57.0 Å². The van der Waals surface area contributed by atoms with Gasteiger partial charge in [0.1, 0.15) is 5.54 Å². The Labute approximate surface area is 193 Å². The topological polar surface area (TPSA) is 69.7 Å². The van der Waals surface area contributed by atoms with Gasteiger partial charge in [0.25, 0.3) is 0 Å². The van der Waals surface area contributed by atoms with Gasteiger partial charge in [-0.15, -0.1) is 0 Å². The van der Waals surface area contributed by atoms with E-state index in [1.807, 2.05) is 4.90 Å². The van der Waals surface area contributed by atoms with Gasteiger partial charge in [-0.2, -0.15) is 0 Å². The number of carbonyl (C=O) groups excluding carboxylic acids is 3. The predicted molar refractivity (Wildman–Crippen MR) is 117 cm³/mol. The lowest BCUT2D eigenvalue weighted by Crippen LogP contribution is -2.54. The van der Waals surface area contributed by atoms with Crippen molar-refractivity contribution >= 4 is 63.9 Å². The van der Waals surface area contributed by atoms with Gasteiger partial charge in [-0.25, -0.2) is 4.90 Å². The molecule has 6 rings (SSSR count). The second-order valence-corrected chi connectivity index (χ2v) is 9.70. The summed E-state index contributed by atoms with van der Waals surface area (Å²) in [5.74, 6) is -2.56. The number of imide groups is 1. The summed E-state index contributed by atoms with van der Waals surface area (Å²) in [7, 11) is 0. The van der Waals surface area contributed by atoms with Crippen molar-refractivity contribution in [3.8, 4) is 0 Å². The number of fused-ring (bicyclic) bond motifs is 7. The molecule has 0 aromatic heterocycles. The molecular weight excluding hydrogens is 461 g/mol. The fourth-order valence-corrected chi connectivity index (χ4v) is 6.61. The van der Waals surface area contributed by atoms with Crippen LogP contribution in [0.15, 0.2) is 36.4 Å². The van der Waals surface area contributed by atoms with Crippen LogP contribution in [0.3, 0.4) is 0 Å². The van der Waals surface area contributed by atoms with E-state index in [1.165, 1.54) is 6.07 Å². The van der Waals surface area contributed by atoms with Gasteiger partial charge in [0.2, 0.25) is 17.7 Å². The van der Waals surface area contributed by atoms with Crippen molar-refractivity contribution < 1.29 is 14.4 Å². The lowest BCUT2D eigenvalue weighted by atomic mass is 9.75. The summed E-state index contributed by atoms with van der Waals surface area (Å²) in [5, 5.41) is 4.02. The molecule has 4 aliphatic heterocycles. The van der Waals surface area contributed by atoms with E-state index in [0.717, 1.165) is 17.7 Å². The molecule has 0 aliphatic carbocycles. The molecule has 3 fully saturated rings. The minimum absolute atomic E-state index is 0.208. The molecule has 1 N–H and O–H groups in total. The molecule has 4 heterocycles. The van der Waals surface area contributed by atoms with E-state index in [2.05, 4.69) is 5.32 Å². The molecule has 0 saturated carbocycles. The first-order valence-electron chi connectivity index (χ1n) is 10.1. The molecule has 4 aliphatic rings. The Kier molecular flexibility index (Phi) is 4.07. The minimum atomic E-state index is -1.27. The predicted octanol–water partition coefficient (Wildman–Crippen LogP) is 4.08. The van der Waals surface area contributed by atoms with Crippen LogP contribution >= 0.6 is 34.8 Å². The zero-order valence-corrected chi connectivity index (χ0v) is 18.3. The summed E-state index contributed by atoms with van der Waals surface area (Å²) in [6.07, 6.45) is 1.58. The van der Waals surface area contributed by atoms with Crippen LogP contribution in [0.25, 0.3) is 0 Å². The van der Waals surface area contributed by atoms with Gasteiger partial charge in [0.15, 0.2) is 0 Å². The van der Waals surface area contributed by atoms with Gasteiger partial charge in [-0.05, 0) is 55.8 Å². The lowest BCUT2D eigenvalue weighted by molar-refractivity contribution is -0.135. The summed E-state index contributed by atoms with van der Waals surface area (Å²) in [6, 6.07) is 9.65. The average molecular weight is 477 g/mol. The van der Waals surface area contributed by atoms with Gasteiger partial charge >= 0.3 is 0 Å². The first-order chi connectivity index (χ1) is 14.9. The van der Waals surface area contributed by atoms with Crippen LogP contribution in [0.1, 0.15) is 18.4 Å². The van der Waals surface area contributed by atoms with Gasteiger partial charge in [0.05, 0.1) is 22.5 Å². The Bertz CT molecular complexity index is 1200. The number of hydrogen-bond acceptors (Lipinski definition) is 4. The van der Waals surface area contributed by atoms with Crippen molar-refractivity contribution in [2.45, 2.75) is 24.4 Å². The fourth-order valence-electron chi connectivity index (χ4n) is 6.07. The molecule has 1 spiro atoms. The standard InChI is InChI=1S/C22H16Cl3N3O3/c23-10-4-6-14-12(8-10)22(21(31)26-14)18-17(15-2-1-7-27(15)22)19(29)28(20(18)30)16-9-11(24)3-5-13(16)25/h3-6,8-9,15,17-18H,1-2,7H2,(H,26,31)/t15-,17-,18-,22-/m1/s1. The van der Waals surface area contributed by atoms with E-state index in [0.29, 0.717) is 27.8 Å². The maximum atomic E-state index is 13.9. The van der Waals surface area contributed by atoms with Crippen LogP contribution in [0.2, 0.25) is 15.1 Å². The van der Waals surface area contributed by atoms with Crippen LogP contribution in [-0.4, -0.2) is 35.2 Å². The Balaban J connectivity index is 1.58. The number of rotatable bonds is 1. The zero-order valence-electron chi connectivity index (χ0n) is 16.1. The zero-order chi connectivity index (χ0) is 21.7. The first-order valence-corrected chi connectivity index (χ1v) is 11.2. The van der Waals surface area contributed by atoms with Gasteiger partial charge in [-0.3, -0.25) is 19.3 Å². The molecular formula is C22H16Cl3N3O3. The van der Waals surface area contributed by atoms with Crippen molar-refractivity contribution in [3.63, 3.8) is 0 Å². The van der Waals surface area contributed by atoms with E-state index in [-0.39, 0.29) is 28.6 Å². The number of carbonyl (C=O) groups is 3. The number of anilines is 2. The number of halogens is 3. The third-order valence-electron chi connectivity index (χ3n) is 7.10. The monoisotopic (exact) mass is 475 g/mol. The smallest absolute Gasteiger partial charge is 0.250 e. The first kappa shape index (κ1) is 19.6. The summed E-state index contributed by atoms with van der Waals surface area (Å²) < 4.78 is 0. The number of hydrogen-bond donors (Lipinski definition) is 1. The molecule has 4 atom stereocenters. The number of amides is 3. The average Bonchev–Trinajstić information content (AvgIpc) is 3.43. The molecule has 9 heteroatoms. The van der Waals surface area contributed by atoms with Crippen LogP contribution in [0, 0.1) is 11.8 Å². The Morgan fingerprint density at radius 1 is 0.968 bits per heavy atom.